The second-order valence-corrected chi connectivity index (χ2v) is 7.02. The van der Waals surface area contributed by atoms with Crippen LogP contribution in [0.2, 0.25) is 0 Å². The fraction of sp³-hybridized carbons (Fsp3) is 0.667. The van der Waals surface area contributed by atoms with Gasteiger partial charge in [0.15, 0.2) is 6.10 Å². The quantitative estimate of drug-likeness (QED) is 0.689. The zero-order valence-electron chi connectivity index (χ0n) is 16.1. The van der Waals surface area contributed by atoms with Gasteiger partial charge in [0.25, 0.3) is 5.91 Å². The number of carbonyl (C=O) groups excluding carboxylic acids is 1. The summed E-state index contributed by atoms with van der Waals surface area (Å²) < 4.78 is 5.92. The molecule has 0 aliphatic carbocycles. The molecule has 140 valence electrons. The number of hydrogen-bond acceptors (Lipinski definition) is 3. The van der Waals surface area contributed by atoms with Gasteiger partial charge >= 0.3 is 0 Å². The van der Waals surface area contributed by atoms with E-state index in [-0.39, 0.29) is 5.91 Å². The molecule has 1 heterocycles. The number of piperidine rings is 1. The van der Waals surface area contributed by atoms with E-state index in [0.29, 0.717) is 6.42 Å². The molecule has 2 atom stereocenters. The van der Waals surface area contributed by atoms with E-state index in [2.05, 4.69) is 17.1 Å². The molecule has 1 aromatic carbocycles. The first-order valence-corrected chi connectivity index (χ1v) is 9.89. The van der Waals surface area contributed by atoms with Crippen molar-refractivity contribution >= 4 is 5.91 Å². The highest BCUT2D eigenvalue weighted by molar-refractivity contribution is 5.81. The lowest BCUT2D eigenvalue weighted by molar-refractivity contribution is -0.128. The molecule has 0 spiro atoms. The van der Waals surface area contributed by atoms with Gasteiger partial charge in [-0.15, -0.1) is 0 Å². The highest BCUT2D eigenvalue weighted by Gasteiger charge is 2.21. The minimum Gasteiger partial charge on any atom is -0.480 e. The Morgan fingerprint density at radius 2 is 2.12 bits per heavy atom. The molecule has 4 nitrogen and oxygen atoms in total. The van der Waals surface area contributed by atoms with Crippen molar-refractivity contribution in [1.29, 1.82) is 0 Å². The van der Waals surface area contributed by atoms with Gasteiger partial charge in [-0.2, -0.15) is 0 Å². The number of benzene rings is 1. The van der Waals surface area contributed by atoms with Crippen molar-refractivity contribution in [3.63, 3.8) is 0 Å². The molecule has 1 amide bonds. The maximum atomic E-state index is 12.4. The van der Waals surface area contributed by atoms with Crippen molar-refractivity contribution in [3.05, 3.63) is 29.8 Å². The molecule has 25 heavy (non-hydrogen) atoms. The first-order valence-electron chi connectivity index (χ1n) is 9.89. The number of hydrogen-bond donors (Lipinski definition) is 1. The fourth-order valence-corrected chi connectivity index (χ4v) is 3.59. The van der Waals surface area contributed by atoms with Crippen molar-refractivity contribution in [2.75, 3.05) is 19.6 Å². The van der Waals surface area contributed by atoms with Crippen molar-refractivity contribution in [1.82, 2.24) is 10.2 Å². The zero-order chi connectivity index (χ0) is 18.1. The van der Waals surface area contributed by atoms with Crippen LogP contribution in [0.4, 0.5) is 0 Å². The third-order valence-electron chi connectivity index (χ3n) is 5.17. The highest BCUT2D eigenvalue weighted by atomic mass is 16.5. The largest absolute Gasteiger partial charge is 0.480 e. The van der Waals surface area contributed by atoms with E-state index in [9.17, 15) is 4.79 Å². The first kappa shape index (κ1) is 19.8. The van der Waals surface area contributed by atoms with E-state index < -0.39 is 6.10 Å². The number of para-hydroxylation sites is 1. The number of rotatable bonds is 9. The van der Waals surface area contributed by atoms with E-state index in [4.69, 9.17) is 4.74 Å². The third-order valence-corrected chi connectivity index (χ3v) is 5.17. The first-order chi connectivity index (χ1) is 12.2. The molecule has 0 saturated carbocycles. The molecule has 1 saturated heterocycles. The zero-order valence-corrected chi connectivity index (χ0v) is 16.1. The second-order valence-electron chi connectivity index (χ2n) is 7.02. The van der Waals surface area contributed by atoms with Gasteiger partial charge in [0.05, 0.1) is 0 Å². The van der Waals surface area contributed by atoms with E-state index in [0.717, 1.165) is 36.9 Å². The van der Waals surface area contributed by atoms with E-state index in [1.165, 1.54) is 32.2 Å². The van der Waals surface area contributed by atoms with Crippen LogP contribution in [-0.2, 0) is 4.79 Å². The van der Waals surface area contributed by atoms with Crippen LogP contribution in [0.1, 0.15) is 57.9 Å². The number of aryl methyl sites for hydroxylation is 1. The number of ether oxygens (including phenoxy) is 1. The normalized spacial score (nSPS) is 19.4. The lowest BCUT2D eigenvalue weighted by Gasteiger charge is -2.35. The summed E-state index contributed by atoms with van der Waals surface area (Å²) in [6.45, 7) is 9.28. The van der Waals surface area contributed by atoms with Crippen LogP contribution in [-0.4, -0.2) is 42.6 Å². The van der Waals surface area contributed by atoms with Crippen LogP contribution in [0.3, 0.4) is 0 Å². The highest BCUT2D eigenvalue weighted by Crippen LogP contribution is 2.20. The summed E-state index contributed by atoms with van der Waals surface area (Å²) in [5, 5.41) is 3.06. The Kier molecular flexibility index (Phi) is 8.26. The van der Waals surface area contributed by atoms with E-state index in [1.807, 2.05) is 38.1 Å². The Hall–Kier alpha value is -1.55. The third kappa shape index (κ3) is 6.03. The van der Waals surface area contributed by atoms with Gasteiger partial charge in [0.1, 0.15) is 5.75 Å². The van der Waals surface area contributed by atoms with Crippen molar-refractivity contribution in [2.24, 2.45) is 0 Å². The van der Waals surface area contributed by atoms with Gasteiger partial charge in [-0.05, 0) is 57.2 Å². The van der Waals surface area contributed by atoms with Crippen molar-refractivity contribution < 1.29 is 9.53 Å². The minimum absolute atomic E-state index is 0.00330. The molecule has 2 rings (SSSR count). The smallest absolute Gasteiger partial charge is 0.261 e. The van der Waals surface area contributed by atoms with Gasteiger partial charge < -0.3 is 15.0 Å². The summed E-state index contributed by atoms with van der Waals surface area (Å²) >= 11 is 0. The molecule has 1 aliphatic rings. The Morgan fingerprint density at radius 3 is 2.84 bits per heavy atom. The lowest BCUT2D eigenvalue weighted by atomic mass is 10.00. The monoisotopic (exact) mass is 346 g/mol. The average Bonchev–Trinajstić information content (AvgIpc) is 2.64. The van der Waals surface area contributed by atoms with Crippen LogP contribution in [0.5, 0.6) is 5.75 Å². The van der Waals surface area contributed by atoms with Gasteiger partial charge in [0, 0.05) is 19.1 Å². The SMILES string of the molecule is CC[C@H]1CCCCN1CCCNC(=O)[C@@H](CC)Oc1ccccc1C. The predicted octanol–water partition coefficient (Wildman–Crippen LogP) is 3.92. The molecule has 1 N–H and O–H groups in total. The molecule has 1 fully saturated rings. The maximum Gasteiger partial charge on any atom is 0.261 e. The van der Waals surface area contributed by atoms with Crippen LogP contribution in [0.15, 0.2) is 24.3 Å². The van der Waals surface area contributed by atoms with E-state index in [1.54, 1.807) is 0 Å². The number of nitrogens with one attached hydrogen (secondary N) is 1. The van der Waals surface area contributed by atoms with Crippen LogP contribution >= 0.6 is 0 Å². The van der Waals surface area contributed by atoms with Crippen molar-refractivity contribution in [2.45, 2.75) is 71.4 Å². The number of nitrogens with zero attached hydrogens (tertiary/aromatic N) is 1. The summed E-state index contributed by atoms with van der Waals surface area (Å²) in [4.78, 5) is 15.0. The molecule has 0 bridgehead atoms. The number of amides is 1. The Morgan fingerprint density at radius 1 is 1.32 bits per heavy atom. The summed E-state index contributed by atoms with van der Waals surface area (Å²) in [5.74, 6) is 0.792. The second kappa shape index (κ2) is 10.4. The average molecular weight is 347 g/mol. The van der Waals surface area contributed by atoms with Gasteiger partial charge in [-0.3, -0.25) is 4.79 Å². The number of likely N-dealkylation sites (tertiary alicyclic amines) is 1. The molecule has 1 aromatic rings. The molecular weight excluding hydrogens is 312 g/mol. The summed E-state index contributed by atoms with van der Waals surface area (Å²) in [5.41, 5.74) is 1.06. The van der Waals surface area contributed by atoms with Crippen LogP contribution in [0.25, 0.3) is 0 Å². The molecule has 0 unspecified atom stereocenters. The van der Waals surface area contributed by atoms with Gasteiger partial charge in [-0.1, -0.05) is 38.5 Å². The summed E-state index contributed by atoms with van der Waals surface area (Å²) in [6.07, 6.45) is 6.48. The van der Waals surface area contributed by atoms with Gasteiger partial charge in [-0.25, -0.2) is 0 Å². The maximum absolute atomic E-state index is 12.4. The number of carbonyl (C=O) groups is 1. The topological polar surface area (TPSA) is 41.6 Å². The van der Waals surface area contributed by atoms with Crippen LogP contribution in [0, 0.1) is 6.92 Å². The molecule has 0 aromatic heterocycles. The molecule has 4 heteroatoms. The summed E-state index contributed by atoms with van der Waals surface area (Å²) in [6, 6.07) is 8.58. The van der Waals surface area contributed by atoms with Crippen molar-refractivity contribution in [3.8, 4) is 5.75 Å². The molecule has 1 aliphatic heterocycles. The molecule has 0 radical (unpaired) electrons. The standard InChI is InChI=1S/C21H34N2O2/c1-4-18-12-8-9-15-23(18)16-10-14-22-21(24)19(5-2)25-20-13-7-6-11-17(20)3/h6-7,11,13,18-19H,4-5,8-10,12,14-16H2,1-3H3,(H,22,24)/t18-,19+/m0/s1. The summed E-state index contributed by atoms with van der Waals surface area (Å²) in [7, 11) is 0. The van der Waals surface area contributed by atoms with E-state index >= 15 is 0 Å². The minimum atomic E-state index is -0.417. The Bertz CT molecular complexity index is 532. The lowest BCUT2D eigenvalue weighted by Crippen LogP contribution is -2.42. The van der Waals surface area contributed by atoms with Gasteiger partial charge in [0.2, 0.25) is 0 Å². The van der Waals surface area contributed by atoms with Crippen LogP contribution < -0.4 is 10.1 Å². The Labute approximate surface area is 152 Å². The predicted molar refractivity (Wildman–Crippen MR) is 103 cm³/mol. The molecular formula is C21H34N2O2. The Balaban J connectivity index is 1.73. The fourth-order valence-electron chi connectivity index (χ4n) is 3.59.